The molecule has 2 atom stereocenters. The Morgan fingerprint density at radius 1 is 1.29 bits per heavy atom. The molecule has 0 saturated heterocycles. The van der Waals surface area contributed by atoms with Gasteiger partial charge in [0.2, 0.25) is 5.91 Å². The lowest BCUT2D eigenvalue weighted by Crippen LogP contribution is -2.33. The van der Waals surface area contributed by atoms with Gasteiger partial charge >= 0.3 is 0 Å². The molecule has 1 amide bonds. The third-order valence-corrected chi connectivity index (χ3v) is 4.64. The maximum absolute atomic E-state index is 12.9. The minimum Gasteiger partial charge on any atom is -0.336 e. The van der Waals surface area contributed by atoms with Crippen LogP contribution in [0.5, 0.6) is 0 Å². The summed E-state index contributed by atoms with van der Waals surface area (Å²) in [5.74, 6) is 0.215. The third kappa shape index (κ3) is 3.74. The molecule has 1 aromatic heterocycles. The van der Waals surface area contributed by atoms with Gasteiger partial charge in [0.05, 0.1) is 24.7 Å². The summed E-state index contributed by atoms with van der Waals surface area (Å²) in [5.41, 5.74) is 1.87. The molecule has 0 aliphatic heterocycles. The van der Waals surface area contributed by atoms with Crippen molar-refractivity contribution in [2.45, 2.75) is 25.3 Å². The second-order valence-corrected chi connectivity index (χ2v) is 6.37. The van der Waals surface area contributed by atoms with Crippen LogP contribution in [0.2, 0.25) is 5.02 Å². The molecule has 1 aliphatic rings. The van der Waals surface area contributed by atoms with Gasteiger partial charge < -0.3 is 4.90 Å². The number of pyridine rings is 1. The lowest BCUT2D eigenvalue weighted by molar-refractivity contribution is -0.133. The van der Waals surface area contributed by atoms with Gasteiger partial charge in [-0.3, -0.25) is 9.78 Å². The molecular weight excluding hydrogens is 322 g/mol. The van der Waals surface area contributed by atoms with Gasteiger partial charge in [-0.25, -0.2) is 0 Å². The second-order valence-electron chi connectivity index (χ2n) is 5.96. The quantitative estimate of drug-likeness (QED) is 0.804. The average molecular weight is 340 g/mol. The van der Waals surface area contributed by atoms with Crippen molar-refractivity contribution in [2.75, 3.05) is 6.54 Å². The summed E-state index contributed by atoms with van der Waals surface area (Å²) < 4.78 is 0. The fourth-order valence-corrected chi connectivity index (χ4v) is 3.24. The Bertz CT molecular complexity index is 757. The molecule has 0 N–H and O–H groups in total. The molecule has 2 aromatic rings. The Morgan fingerprint density at radius 3 is 2.79 bits per heavy atom. The van der Waals surface area contributed by atoms with E-state index in [1.54, 1.807) is 11.1 Å². The van der Waals surface area contributed by atoms with Crippen LogP contribution in [-0.2, 0) is 11.3 Å². The van der Waals surface area contributed by atoms with Crippen molar-refractivity contribution in [1.82, 2.24) is 9.88 Å². The number of aromatic nitrogens is 1. The number of carbonyl (C=O) groups excluding carboxylic acids is 1. The number of benzene rings is 1. The maximum Gasteiger partial charge on any atom is 0.226 e. The molecular formula is C19H18ClN3O. The molecule has 1 aliphatic carbocycles. The van der Waals surface area contributed by atoms with Gasteiger partial charge in [0, 0.05) is 23.7 Å². The summed E-state index contributed by atoms with van der Waals surface area (Å²) >= 11 is 6.24. The van der Waals surface area contributed by atoms with Crippen molar-refractivity contribution in [2.24, 2.45) is 5.92 Å². The Hall–Kier alpha value is -2.38. The Morgan fingerprint density at radius 2 is 2.08 bits per heavy atom. The Labute approximate surface area is 146 Å². The van der Waals surface area contributed by atoms with Gasteiger partial charge in [-0.1, -0.05) is 35.9 Å². The zero-order valence-corrected chi connectivity index (χ0v) is 14.0. The van der Waals surface area contributed by atoms with Crippen LogP contribution in [0.1, 0.15) is 30.0 Å². The van der Waals surface area contributed by atoms with Crippen molar-refractivity contribution in [1.29, 1.82) is 5.26 Å². The first-order valence-corrected chi connectivity index (χ1v) is 8.38. The van der Waals surface area contributed by atoms with Crippen LogP contribution < -0.4 is 0 Å². The predicted octanol–water partition coefficient (Wildman–Crippen LogP) is 3.78. The lowest BCUT2D eigenvalue weighted by atomic mass is 10.1. The van der Waals surface area contributed by atoms with Crippen LogP contribution in [0.25, 0.3) is 0 Å². The Balaban J connectivity index is 1.71. The summed E-state index contributed by atoms with van der Waals surface area (Å²) in [6.07, 6.45) is 2.85. The lowest BCUT2D eigenvalue weighted by Gasteiger charge is -2.21. The molecule has 24 heavy (non-hydrogen) atoms. The molecule has 1 aromatic carbocycles. The number of nitriles is 1. The maximum atomic E-state index is 12.9. The SMILES string of the molecule is N#CCCN(Cc1ccccn1)C(=O)C1CC1c1ccccc1Cl. The highest BCUT2D eigenvalue weighted by Crippen LogP contribution is 2.50. The van der Waals surface area contributed by atoms with E-state index in [-0.39, 0.29) is 17.7 Å². The fourth-order valence-electron chi connectivity index (χ4n) is 2.96. The highest BCUT2D eigenvalue weighted by molar-refractivity contribution is 6.31. The van der Waals surface area contributed by atoms with Gasteiger partial charge in [0.15, 0.2) is 0 Å². The monoisotopic (exact) mass is 339 g/mol. The van der Waals surface area contributed by atoms with Gasteiger partial charge in [0.1, 0.15) is 0 Å². The number of rotatable bonds is 6. The summed E-state index contributed by atoms with van der Waals surface area (Å²) in [7, 11) is 0. The Kier molecular flexibility index (Phi) is 5.12. The van der Waals surface area contributed by atoms with Crippen molar-refractivity contribution in [3.05, 3.63) is 64.9 Å². The van der Waals surface area contributed by atoms with E-state index in [2.05, 4.69) is 11.1 Å². The molecule has 0 radical (unpaired) electrons. The molecule has 1 saturated carbocycles. The molecule has 0 spiro atoms. The molecule has 1 fully saturated rings. The molecule has 5 heteroatoms. The van der Waals surface area contributed by atoms with Gasteiger partial charge in [-0.15, -0.1) is 0 Å². The van der Waals surface area contributed by atoms with Crippen molar-refractivity contribution < 1.29 is 4.79 Å². The minimum absolute atomic E-state index is 0.0488. The predicted molar refractivity (Wildman–Crippen MR) is 92.2 cm³/mol. The van der Waals surface area contributed by atoms with Crippen molar-refractivity contribution in [3.8, 4) is 6.07 Å². The topological polar surface area (TPSA) is 57.0 Å². The van der Waals surface area contributed by atoms with E-state index in [0.717, 1.165) is 17.7 Å². The molecule has 0 bridgehead atoms. The van der Waals surface area contributed by atoms with Crippen LogP contribution >= 0.6 is 11.6 Å². The van der Waals surface area contributed by atoms with E-state index >= 15 is 0 Å². The van der Waals surface area contributed by atoms with E-state index in [9.17, 15) is 4.79 Å². The number of amides is 1. The number of halogens is 1. The first kappa shape index (κ1) is 16.5. The van der Waals surface area contributed by atoms with Gasteiger partial charge in [-0.2, -0.15) is 5.26 Å². The van der Waals surface area contributed by atoms with Gasteiger partial charge in [0.25, 0.3) is 0 Å². The van der Waals surface area contributed by atoms with Crippen LogP contribution in [0.3, 0.4) is 0 Å². The molecule has 1 heterocycles. The van der Waals surface area contributed by atoms with E-state index in [1.807, 2.05) is 42.5 Å². The van der Waals surface area contributed by atoms with Crippen molar-refractivity contribution >= 4 is 17.5 Å². The summed E-state index contributed by atoms with van der Waals surface area (Å²) in [5, 5.41) is 9.58. The zero-order chi connectivity index (χ0) is 16.9. The first-order valence-electron chi connectivity index (χ1n) is 8.00. The number of hydrogen-bond acceptors (Lipinski definition) is 3. The second kappa shape index (κ2) is 7.46. The van der Waals surface area contributed by atoms with E-state index in [1.165, 1.54) is 0 Å². The van der Waals surface area contributed by atoms with E-state index in [0.29, 0.717) is 24.5 Å². The number of hydrogen-bond donors (Lipinski definition) is 0. The van der Waals surface area contributed by atoms with Crippen molar-refractivity contribution in [3.63, 3.8) is 0 Å². The van der Waals surface area contributed by atoms with E-state index in [4.69, 9.17) is 16.9 Å². The normalized spacial score (nSPS) is 18.7. The highest BCUT2D eigenvalue weighted by atomic mass is 35.5. The molecule has 3 rings (SSSR count). The smallest absolute Gasteiger partial charge is 0.226 e. The average Bonchev–Trinajstić information content (AvgIpc) is 3.40. The molecule has 4 nitrogen and oxygen atoms in total. The fraction of sp³-hybridized carbons (Fsp3) is 0.316. The summed E-state index contributed by atoms with van der Waals surface area (Å²) in [6, 6.07) is 15.4. The third-order valence-electron chi connectivity index (χ3n) is 4.30. The van der Waals surface area contributed by atoms with Crippen LogP contribution in [0.4, 0.5) is 0 Å². The first-order chi connectivity index (χ1) is 11.7. The molecule has 2 unspecified atom stereocenters. The van der Waals surface area contributed by atoms with Crippen LogP contribution in [0, 0.1) is 17.2 Å². The largest absolute Gasteiger partial charge is 0.336 e. The summed E-state index contributed by atoms with van der Waals surface area (Å²) in [4.78, 5) is 18.9. The zero-order valence-electron chi connectivity index (χ0n) is 13.2. The van der Waals surface area contributed by atoms with Crippen LogP contribution in [-0.4, -0.2) is 22.3 Å². The van der Waals surface area contributed by atoms with E-state index < -0.39 is 0 Å². The van der Waals surface area contributed by atoms with Gasteiger partial charge in [-0.05, 0) is 36.1 Å². The highest BCUT2D eigenvalue weighted by Gasteiger charge is 2.46. The standard InChI is InChI=1S/C19H18ClN3O/c20-18-8-2-1-7-15(18)16-12-17(16)19(24)23(11-5-9-21)13-14-6-3-4-10-22-14/h1-4,6-8,10,16-17H,5,11-13H2. The number of nitrogens with zero attached hydrogens (tertiary/aromatic N) is 3. The minimum atomic E-state index is -0.0488. The summed E-state index contributed by atoms with van der Waals surface area (Å²) in [6.45, 7) is 0.866. The number of carbonyl (C=O) groups is 1. The van der Waals surface area contributed by atoms with Crippen LogP contribution in [0.15, 0.2) is 48.7 Å². The molecule has 122 valence electrons.